The minimum atomic E-state index is -0.825. The summed E-state index contributed by atoms with van der Waals surface area (Å²) in [5.41, 5.74) is 9.28. The van der Waals surface area contributed by atoms with E-state index in [1.807, 2.05) is 32.0 Å². The van der Waals surface area contributed by atoms with E-state index in [4.69, 9.17) is 0 Å². The normalized spacial score (nSPS) is 10.9. The number of benzene rings is 2. The van der Waals surface area contributed by atoms with E-state index in [0.29, 0.717) is 5.69 Å². The number of para-hydroxylation sites is 2. The molecule has 1 aromatic heterocycles. The van der Waals surface area contributed by atoms with Gasteiger partial charge in [-0.05, 0) is 57.0 Å². The molecule has 0 unspecified atom stereocenters. The Balaban J connectivity index is 1.73. The van der Waals surface area contributed by atoms with Crippen LogP contribution in [0.1, 0.15) is 28.1 Å². The van der Waals surface area contributed by atoms with Gasteiger partial charge in [0.05, 0.1) is 11.9 Å². The van der Waals surface area contributed by atoms with Crippen LogP contribution in [0.4, 0.5) is 5.69 Å². The molecule has 0 aliphatic rings. The zero-order chi connectivity index (χ0) is 21.0. The van der Waals surface area contributed by atoms with Crippen molar-refractivity contribution >= 4 is 23.7 Å². The summed E-state index contributed by atoms with van der Waals surface area (Å²) in [7, 11) is 0. The largest absolute Gasteiger partial charge is 0.329 e. The fraction of sp³-hybridized carbons (Fsp3) is 0.174. The van der Waals surface area contributed by atoms with Gasteiger partial charge in [-0.25, -0.2) is 5.43 Å². The molecule has 3 aromatic rings. The highest BCUT2D eigenvalue weighted by Gasteiger charge is 2.14. The molecule has 0 atom stereocenters. The number of aromatic nitrogens is 1. The Hall–Kier alpha value is -3.67. The van der Waals surface area contributed by atoms with E-state index in [-0.39, 0.29) is 0 Å². The molecule has 0 bridgehead atoms. The molecule has 6 heteroatoms. The van der Waals surface area contributed by atoms with E-state index in [2.05, 4.69) is 46.4 Å². The molecule has 2 aromatic carbocycles. The smallest absolute Gasteiger partial charge is 0.318 e. The highest BCUT2D eigenvalue weighted by molar-refractivity contribution is 6.39. The van der Waals surface area contributed by atoms with Crippen molar-refractivity contribution in [2.45, 2.75) is 27.7 Å². The minimum Gasteiger partial charge on any atom is -0.318 e. The molecule has 0 aliphatic carbocycles. The highest BCUT2D eigenvalue weighted by atomic mass is 16.2. The SMILES string of the molecule is Cc1cccc(C)c1-n1c(C)cc(/C=N\NC(=O)C(=O)Nc2ccccc2)c1C. The van der Waals surface area contributed by atoms with Crippen LogP contribution < -0.4 is 10.7 Å². The number of rotatable bonds is 4. The van der Waals surface area contributed by atoms with Gasteiger partial charge in [0.2, 0.25) is 0 Å². The third-order valence-corrected chi connectivity index (χ3v) is 4.74. The maximum Gasteiger partial charge on any atom is 0.329 e. The van der Waals surface area contributed by atoms with Crippen molar-refractivity contribution in [3.63, 3.8) is 0 Å². The Morgan fingerprint density at radius 3 is 2.21 bits per heavy atom. The van der Waals surface area contributed by atoms with Crippen molar-refractivity contribution in [2.75, 3.05) is 5.32 Å². The Labute approximate surface area is 170 Å². The number of nitrogens with zero attached hydrogens (tertiary/aromatic N) is 2. The lowest BCUT2D eigenvalue weighted by Gasteiger charge is -2.15. The number of nitrogens with one attached hydrogen (secondary N) is 2. The summed E-state index contributed by atoms with van der Waals surface area (Å²) in [6.07, 6.45) is 1.56. The summed E-state index contributed by atoms with van der Waals surface area (Å²) < 4.78 is 2.18. The maximum absolute atomic E-state index is 12.0. The van der Waals surface area contributed by atoms with Crippen LogP contribution in [-0.4, -0.2) is 22.6 Å². The third kappa shape index (κ3) is 4.43. The molecule has 0 saturated heterocycles. The van der Waals surface area contributed by atoms with Gasteiger partial charge < -0.3 is 9.88 Å². The van der Waals surface area contributed by atoms with Gasteiger partial charge in [0.25, 0.3) is 0 Å². The van der Waals surface area contributed by atoms with Gasteiger partial charge in [0, 0.05) is 22.6 Å². The first kappa shape index (κ1) is 20.1. The number of hydrogen-bond acceptors (Lipinski definition) is 3. The monoisotopic (exact) mass is 388 g/mol. The summed E-state index contributed by atoms with van der Waals surface area (Å²) in [6, 6.07) is 17.0. The van der Waals surface area contributed by atoms with Gasteiger partial charge in [-0.15, -0.1) is 0 Å². The summed E-state index contributed by atoms with van der Waals surface area (Å²) >= 11 is 0. The standard InChI is InChI=1S/C23H24N4O2/c1-15-9-8-10-16(2)21(15)27-17(3)13-19(18(27)4)14-24-26-23(29)22(28)25-20-11-6-5-7-12-20/h5-14H,1-4H3,(H,25,28)(H,26,29)/b24-14-. The molecule has 2 amide bonds. The first-order valence-electron chi connectivity index (χ1n) is 9.33. The zero-order valence-electron chi connectivity index (χ0n) is 17.0. The van der Waals surface area contributed by atoms with Crippen molar-refractivity contribution in [1.29, 1.82) is 0 Å². The second kappa shape index (κ2) is 8.56. The molecule has 0 radical (unpaired) electrons. The van der Waals surface area contributed by atoms with Gasteiger partial charge in [0.15, 0.2) is 0 Å². The molecular weight excluding hydrogens is 364 g/mol. The first-order valence-corrected chi connectivity index (χ1v) is 9.33. The number of aryl methyl sites for hydroxylation is 3. The Kier molecular flexibility index (Phi) is 5.93. The third-order valence-electron chi connectivity index (χ3n) is 4.74. The molecule has 148 valence electrons. The number of hydrazone groups is 1. The minimum absolute atomic E-state index is 0.550. The second-order valence-corrected chi connectivity index (χ2v) is 6.92. The van der Waals surface area contributed by atoms with Crippen LogP contribution in [0.3, 0.4) is 0 Å². The predicted molar refractivity (Wildman–Crippen MR) is 116 cm³/mol. The topological polar surface area (TPSA) is 75.5 Å². The lowest BCUT2D eigenvalue weighted by atomic mass is 10.1. The van der Waals surface area contributed by atoms with Crippen LogP contribution in [0.5, 0.6) is 0 Å². The lowest BCUT2D eigenvalue weighted by Crippen LogP contribution is -2.32. The Bertz CT molecular complexity index is 1060. The van der Waals surface area contributed by atoms with Crippen molar-refractivity contribution in [3.05, 3.63) is 82.7 Å². The van der Waals surface area contributed by atoms with E-state index < -0.39 is 11.8 Å². The Morgan fingerprint density at radius 2 is 1.55 bits per heavy atom. The molecule has 0 fully saturated rings. The Morgan fingerprint density at radius 1 is 0.897 bits per heavy atom. The molecule has 0 aliphatic heterocycles. The molecule has 0 spiro atoms. The van der Waals surface area contributed by atoms with E-state index in [0.717, 1.165) is 22.6 Å². The van der Waals surface area contributed by atoms with Crippen LogP contribution in [0, 0.1) is 27.7 Å². The fourth-order valence-electron chi connectivity index (χ4n) is 3.34. The van der Waals surface area contributed by atoms with E-state index in [1.54, 1.807) is 30.5 Å². The molecule has 2 N–H and O–H groups in total. The van der Waals surface area contributed by atoms with Gasteiger partial charge >= 0.3 is 11.8 Å². The average Bonchev–Trinajstić information content (AvgIpc) is 2.96. The van der Waals surface area contributed by atoms with Crippen LogP contribution in [0.25, 0.3) is 5.69 Å². The van der Waals surface area contributed by atoms with Gasteiger partial charge in [-0.1, -0.05) is 36.4 Å². The van der Waals surface area contributed by atoms with Crippen LogP contribution in [0.2, 0.25) is 0 Å². The number of hydrogen-bond donors (Lipinski definition) is 2. The van der Waals surface area contributed by atoms with Gasteiger partial charge in [-0.3, -0.25) is 9.59 Å². The van der Waals surface area contributed by atoms with Crippen molar-refractivity contribution in [1.82, 2.24) is 9.99 Å². The summed E-state index contributed by atoms with van der Waals surface area (Å²) in [6.45, 7) is 8.20. The average molecular weight is 388 g/mol. The van der Waals surface area contributed by atoms with E-state index >= 15 is 0 Å². The van der Waals surface area contributed by atoms with Crippen molar-refractivity contribution in [2.24, 2.45) is 5.10 Å². The van der Waals surface area contributed by atoms with Crippen molar-refractivity contribution in [3.8, 4) is 5.69 Å². The lowest BCUT2D eigenvalue weighted by molar-refractivity contribution is -0.136. The highest BCUT2D eigenvalue weighted by Crippen LogP contribution is 2.25. The summed E-state index contributed by atoms with van der Waals surface area (Å²) in [5, 5.41) is 6.48. The van der Waals surface area contributed by atoms with Crippen LogP contribution >= 0.6 is 0 Å². The number of amides is 2. The number of anilines is 1. The molecule has 3 rings (SSSR count). The predicted octanol–water partition coefficient (Wildman–Crippen LogP) is 3.80. The summed E-state index contributed by atoms with van der Waals surface area (Å²) in [4.78, 5) is 23.9. The molecule has 6 nitrogen and oxygen atoms in total. The first-order chi connectivity index (χ1) is 13.9. The molecule has 1 heterocycles. The fourth-order valence-corrected chi connectivity index (χ4v) is 3.34. The van der Waals surface area contributed by atoms with Crippen molar-refractivity contribution < 1.29 is 9.59 Å². The van der Waals surface area contributed by atoms with Gasteiger partial charge in [-0.2, -0.15) is 5.10 Å². The number of carbonyl (C=O) groups is 2. The van der Waals surface area contributed by atoms with E-state index in [1.165, 1.54) is 11.1 Å². The van der Waals surface area contributed by atoms with Crippen LogP contribution in [-0.2, 0) is 9.59 Å². The maximum atomic E-state index is 12.0. The molecule has 29 heavy (non-hydrogen) atoms. The quantitative estimate of drug-likeness (QED) is 0.405. The number of carbonyl (C=O) groups excluding carboxylic acids is 2. The summed E-state index contributed by atoms with van der Waals surface area (Å²) in [5.74, 6) is -1.59. The molecular formula is C23H24N4O2. The van der Waals surface area contributed by atoms with E-state index in [9.17, 15) is 9.59 Å². The zero-order valence-corrected chi connectivity index (χ0v) is 17.0. The second-order valence-electron chi connectivity index (χ2n) is 6.92. The van der Waals surface area contributed by atoms with Crippen LogP contribution in [0.15, 0.2) is 59.7 Å². The van der Waals surface area contributed by atoms with Gasteiger partial charge in [0.1, 0.15) is 0 Å². The molecule has 0 saturated carbocycles.